The highest BCUT2D eigenvalue weighted by atomic mass is 32.2. The predicted molar refractivity (Wildman–Crippen MR) is 120 cm³/mol. The summed E-state index contributed by atoms with van der Waals surface area (Å²) in [4.78, 5) is 0.313. The molecule has 2 aromatic carbocycles. The first-order chi connectivity index (χ1) is 13.5. The Morgan fingerprint density at radius 3 is 2.00 bits per heavy atom. The Labute approximate surface area is 175 Å². The molecule has 1 aliphatic heterocycles. The first kappa shape index (κ1) is 22.0. The van der Waals surface area contributed by atoms with Crippen molar-refractivity contribution in [1.29, 1.82) is 0 Å². The number of rotatable bonds is 7. The lowest BCUT2D eigenvalue weighted by atomic mass is 10.1. The van der Waals surface area contributed by atoms with Gasteiger partial charge in [0.15, 0.2) is 0 Å². The van der Waals surface area contributed by atoms with Crippen molar-refractivity contribution in [3.8, 4) is 0 Å². The quantitative estimate of drug-likeness (QED) is 0.598. The molecule has 0 aliphatic carbocycles. The monoisotopic (exact) mass is 449 g/mol. The van der Waals surface area contributed by atoms with E-state index in [1.54, 1.807) is 24.3 Å². The van der Waals surface area contributed by atoms with Gasteiger partial charge in [0.1, 0.15) is 0 Å². The van der Waals surface area contributed by atoms with Gasteiger partial charge in [0, 0.05) is 8.07 Å². The summed E-state index contributed by atoms with van der Waals surface area (Å²) < 4.78 is 54.0. The summed E-state index contributed by atoms with van der Waals surface area (Å²) in [6.45, 7) is 6.25. The van der Waals surface area contributed by atoms with Crippen LogP contribution in [0.5, 0.6) is 0 Å². The zero-order valence-electron chi connectivity index (χ0n) is 16.9. The third-order valence-corrected chi connectivity index (χ3v) is 10.7. The van der Waals surface area contributed by atoms with Crippen LogP contribution in [0.4, 0.5) is 0 Å². The molecular formula is C21H27NO4S2Si. The van der Waals surface area contributed by atoms with Crippen molar-refractivity contribution in [2.45, 2.75) is 36.6 Å². The van der Waals surface area contributed by atoms with Crippen LogP contribution in [0.25, 0.3) is 0 Å². The Balaban J connectivity index is 2.00. The highest BCUT2D eigenvalue weighted by molar-refractivity contribution is 7.95. The minimum Gasteiger partial charge on any atom is -0.219 e. The van der Waals surface area contributed by atoms with Gasteiger partial charge in [-0.15, -0.1) is 0 Å². The van der Waals surface area contributed by atoms with Gasteiger partial charge in [-0.2, -0.15) is 4.31 Å². The van der Waals surface area contributed by atoms with Gasteiger partial charge in [-0.3, -0.25) is 0 Å². The van der Waals surface area contributed by atoms with Crippen molar-refractivity contribution in [3.63, 3.8) is 0 Å². The maximum atomic E-state index is 13.2. The van der Waals surface area contributed by atoms with E-state index in [1.165, 1.54) is 16.4 Å². The number of hydrogen-bond donors (Lipinski definition) is 0. The smallest absolute Gasteiger partial charge is 0.214 e. The molecule has 1 unspecified atom stereocenters. The van der Waals surface area contributed by atoms with Gasteiger partial charge in [-0.1, -0.05) is 68.2 Å². The highest BCUT2D eigenvalue weighted by Gasteiger charge is 2.39. The lowest BCUT2D eigenvalue weighted by Gasteiger charge is -2.26. The second-order valence-electron chi connectivity index (χ2n) is 8.48. The molecule has 1 heterocycles. The molecule has 0 saturated carbocycles. The van der Waals surface area contributed by atoms with Crippen molar-refractivity contribution < 1.29 is 16.8 Å². The van der Waals surface area contributed by atoms with Crippen LogP contribution in [0, 0.1) is 0 Å². The largest absolute Gasteiger partial charge is 0.219 e. The van der Waals surface area contributed by atoms with Crippen LogP contribution in [0.2, 0.25) is 25.7 Å². The van der Waals surface area contributed by atoms with E-state index in [-0.39, 0.29) is 22.1 Å². The average molecular weight is 450 g/mol. The van der Waals surface area contributed by atoms with Gasteiger partial charge in [0.25, 0.3) is 0 Å². The minimum atomic E-state index is -3.75. The van der Waals surface area contributed by atoms with Gasteiger partial charge in [0.2, 0.25) is 19.9 Å². The molecule has 0 saturated heterocycles. The van der Waals surface area contributed by atoms with Crippen LogP contribution in [-0.2, 0) is 19.9 Å². The topological polar surface area (TPSA) is 71.5 Å². The summed E-state index contributed by atoms with van der Waals surface area (Å²) in [6.07, 6.45) is 1.59. The van der Waals surface area contributed by atoms with Crippen molar-refractivity contribution >= 4 is 27.9 Å². The number of hydrogen-bond acceptors (Lipinski definition) is 4. The van der Waals surface area contributed by atoms with E-state index in [4.69, 9.17) is 0 Å². The number of nitrogens with zero attached hydrogens (tertiary/aromatic N) is 1. The zero-order chi connectivity index (χ0) is 21.3. The van der Waals surface area contributed by atoms with Crippen LogP contribution in [0.1, 0.15) is 11.6 Å². The van der Waals surface area contributed by atoms with E-state index in [0.29, 0.717) is 6.04 Å². The van der Waals surface area contributed by atoms with E-state index in [2.05, 4.69) is 19.6 Å². The summed E-state index contributed by atoms with van der Waals surface area (Å²) in [5.74, 6) is 0.0402. The molecule has 0 aromatic heterocycles. The molecule has 2 aromatic rings. The predicted octanol–water partition coefficient (Wildman–Crippen LogP) is 4.07. The fourth-order valence-electron chi connectivity index (χ4n) is 3.23. The van der Waals surface area contributed by atoms with Gasteiger partial charge in [0.05, 0.1) is 28.1 Å². The molecule has 5 nitrogen and oxygen atoms in total. The van der Waals surface area contributed by atoms with Crippen LogP contribution in [-0.4, -0.2) is 41.5 Å². The van der Waals surface area contributed by atoms with Crippen molar-refractivity contribution in [2.24, 2.45) is 0 Å². The minimum absolute atomic E-state index is 0.0402. The normalized spacial score (nSPS) is 18.6. The third-order valence-electron chi connectivity index (χ3n) is 4.97. The summed E-state index contributed by atoms with van der Waals surface area (Å²) in [5, 5.41) is 0. The van der Waals surface area contributed by atoms with E-state index in [0.717, 1.165) is 5.56 Å². The summed E-state index contributed by atoms with van der Waals surface area (Å²) in [6, 6.07) is 17.4. The molecule has 29 heavy (non-hydrogen) atoms. The molecule has 0 bridgehead atoms. The second-order valence-corrected chi connectivity index (χ2v) is 18.1. The van der Waals surface area contributed by atoms with Gasteiger partial charge in [-0.25, -0.2) is 16.8 Å². The molecule has 156 valence electrons. The molecule has 1 aliphatic rings. The number of sulfone groups is 1. The van der Waals surface area contributed by atoms with Crippen molar-refractivity contribution in [3.05, 3.63) is 77.2 Å². The number of sulfonamides is 1. The van der Waals surface area contributed by atoms with Crippen molar-refractivity contribution in [1.82, 2.24) is 4.31 Å². The fraction of sp³-hybridized carbons (Fsp3) is 0.333. The number of benzene rings is 2. The third kappa shape index (κ3) is 5.06. The maximum absolute atomic E-state index is 13.2. The fourth-order valence-corrected chi connectivity index (χ4v) is 9.32. The van der Waals surface area contributed by atoms with E-state index >= 15 is 0 Å². The Hall–Kier alpha value is -1.74. The second kappa shape index (κ2) is 8.18. The first-order valence-corrected chi connectivity index (χ1v) is 16.4. The van der Waals surface area contributed by atoms with Crippen LogP contribution in [0.3, 0.4) is 0 Å². The summed E-state index contributed by atoms with van der Waals surface area (Å²) >= 11 is 0. The van der Waals surface area contributed by atoms with Gasteiger partial charge < -0.3 is 0 Å². The standard InChI is InChI=1S/C21H27NO4S2Si/c1-29(2,3)15-14-27(23,24)22-17-20(16-21(22)18-10-6-4-7-11-18)28(25,26)19-12-8-5-9-13-19/h4-13,16,21H,14-15,17H2,1-3H3. The highest BCUT2D eigenvalue weighted by Crippen LogP contribution is 2.37. The lowest BCUT2D eigenvalue weighted by Crippen LogP contribution is -2.36. The molecular weight excluding hydrogens is 422 g/mol. The average Bonchev–Trinajstić information content (AvgIpc) is 3.15. The summed E-state index contributed by atoms with van der Waals surface area (Å²) in [7, 11) is -8.93. The molecule has 0 spiro atoms. The molecule has 1 atom stereocenters. The Bertz CT molecular complexity index is 1090. The van der Waals surface area contributed by atoms with E-state index in [9.17, 15) is 16.8 Å². The zero-order valence-corrected chi connectivity index (χ0v) is 19.6. The Morgan fingerprint density at radius 2 is 1.45 bits per heavy atom. The van der Waals surface area contributed by atoms with E-state index in [1.807, 2.05) is 30.3 Å². The lowest BCUT2D eigenvalue weighted by molar-refractivity contribution is 0.418. The van der Waals surface area contributed by atoms with Gasteiger partial charge >= 0.3 is 0 Å². The first-order valence-electron chi connectivity index (χ1n) is 9.56. The Kier molecular flexibility index (Phi) is 6.19. The van der Waals surface area contributed by atoms with Crippen LogP contribution >= 0.6 is 0 Å². The molecule has 0 N–H and O–H groups in total. The molecule has 0 fully saturated rings. The molecule has 0 amide bonds. The SMILES string of the molecule is C[Si](C)(C)CCS(=O)(=O)N1CC(S(=O)(=O)c2ccccc2)=CC1c1ccccc1. The van der Waals surface area contributed by atoms with Gasteiger partial charge in [-0.05, 0) is 29.8 Å². The van der Waals surface area contributed by atoms with E-state index < -0.39 is 34.0 Å². The van der Waals surface area contributed by atoms with Crippen LogP contribution < -0.4 is 0 Å². The van der Waals surface area contributed by atoms with Crippen molar-refractivity contribution in [2.75, 3.05) is 12.3 Å². The molecule has 3 rings (SSSR count). The summed E-state index contributed by atoms with van der Waals surface area (Å²) in [5.41, 5.74) is 0.766. The molecule has 0 radical (unpaired) electrons. The Morgan fingerprint density at radius 1 is 0.897 bits per heavy atom. The molecule has 8 heteroatoms. The van der Waals surface area contributed by atoms with Crippen LogP contribution in [0.15, 0.2) is 76.5 Å². The maximum Gasteiger partial charge on any atom is 0.214 e.